The van der Waals surface area contributed by atoms with Crippen LogP contribution in [0.1, 0.15) is 66.7 Å². The van der Waals surface area contributed by atoms with Crippen molar-refractivity contribution in [1.29, 1.82) is 0 Å². The van der Waals surface area contributed by atoms with E-state index in [-0.39, 0.29) is 5.91 Å². The lowest BCUT2D eigenvalue weighted by molar-refractivity contribution is -0.142. The molecule has 0 saturated carbocycles. The molecule has 1 aliphatic heterocycles. The van der Waals surface area contributed by atoms with Gasteiger partial charge in [-0.15, -0.1) is 0 Å². The van der Waals surface area contributed by atoms with E-state index < -0.39 is 5.60 Å². The number of piperidine rings is 1. The smallest absolute Gasteiger partial charge is 0.256 e. The van der Waals surface area contributed by atoms with E-state index in [1.807, 2.05) is 24.3 Å². The van der Waals surface area contributed by atoms with Crippen LogP contribution in [0, 0.1) is 11.8 Å². The van der Waals surface area contributed by atoms with Gasteiger partial charge in [0.1, 0.15) is 18.0 Å². The first-order valence-corrected chi connectivity index (χ1v) is 11.6. The van der Waals surface area contributed by atoms with Crippen LogP contribution in [0.4, 0.5) is 5.69 Å². The third-order valence-electron chi connectivity index (χ3n) is 5.98. The zero-order valence-electron chi connectivity index (χ0n) is 19.9. The molecule has 1 aromatic rings. The number of carbonyl (C=O) groups is 1. The number of anilines is 1. The number of amides is 1. The molecule has 1 atom stereocenters. The van der Waals surface area contributed by atoms with Crippen molar-refractivity contribution >= 4 is 11.6 Å². The molecule has 1 amide bonds. The predicted octanol–water partition coefficient (Wildman–Crippen LogP) is 5.36. The number of nitrogens with one attached hydrogen (secondary N) is 1. The molecule has 30 heavy (non-hydrogen) atoms. The van der Waals surface area contributed by atoms with Gasteiger partial charge in [0.2, 0.25) is 0 Å². The summed E-state index contributed by atoms with van der Waals surface area (Å²) in [5, 5.41) is 3.06. The summed E-state index contributed by atoms with van der Waals surface area (Å²) in [5.41, 5.74) is -0.0335. The monoisotopic (exact) mass is 418 g/mol. The van der Waals surface area contributed by atoms with Crippen LogP contribution in [0.5, 0.6) is 5.75 Å². The number of nitrogens with zero attached hydrogens (tertiary/aromatic N) is 1. The molecule has 0 aliphatic carbocycles. The average molecular weight is 419 g/mol. The zero-order valence-corrected chi connectivity index (χ0v) is 19.9. The second-order valence-electron chi connectivity index (χ2n) is 9.60. The largest absolute Gasteiger partial charge is 0.492 e. The van der Waals surface area contributed by atoms with E-state index in [1.165, 1.54) is 25.8 Å². The van der Waals surface area contributed by atoms with E-state index in [9.17, 15) is 4.79 Å². The Labute approximate surface area is 183 Å². The van der Waals surface area contributed by atoms with Gasteiger partial charge in [-0.05, 0) is 75.3 Å². The van der Waals surface area contributed by atoms with Crippen LogP contribution in [-0.4, -0.2) is 49.3 Å². The Kier molecular flexibility index (Phi) is 9.63. The number of methoxy groups -OCH3 is 1. The quantitative estimate of drug-likeness (QED) is 0.526. The minimum absolute atomic E-state index is 0.0693. The molecule has 1 heterocycles. The first kappa shape index (κ1) is 24.7. The highest BCUT2D eigenvalue weighted by atomic mass is 16.5. The molecule has 5 heteroatoms. The maximum Gasteiger partial charge on any atom is 0.256 e. The van der Waals surface area contributed by atoms with Crippen molar-refractivity contribution < 1.29 is 14.3 Å². The van der Waals surface area contributed by atoms with Gasteiger partial charge in [-0.3, -0.25) is 9.69 Å². The van der Waals surface area contributed by atoms with E-state index in [1.54, 1.807) is 7.11 Å². The van der Waals surface area contributed by atoms with Gasteiger partial charge in [0, 0.05) is 25.4 Å². The highest BCUT2D eigenvalue weighted by molar-refractivity contribution is 5.97. The maximum atomic E-state index is 13.1. The topological polar surface area (TPSA) is 50.8 Å². The summed E-state index contributed by atoms with van der Waals surface area (Å²) < 4.78 is 11.7. The molecular weight excluding hydrogens is 376 g/mol. The third kappa shape index (κ3) is 7.28. The molecule has 1 aliphatic rings. The van der Waals surface area contributed by atoms with E-state index in [4.69, 9.17) is 9.47 Å². The fraction of sp³-hybridized carbons (Fsp3) is 0.720. The van der Waals surface area contributed by atoms with Gasteiger partial charge in [0.15, 0.2) is 0 Å². The summed E-state index contributed by atoms with van der Waals surface area (Å²) in [6, 6.07) is 8.31. The van der Waals surface area contributed by atoms with Crippen LogP contribution in [-0.2, 0) is 9.53 Å². The van der Waals surface area contributed by atoms with Crippen molar-refractivity contribution in [3.63, 3.8) is 0 Å². The highest BCUT2D eigenvalue weighted by Gasteiger charge is 2.39. The van der Waals surface area contributed by atoms with Gasteiger partial charge in [-0.1, -0.05) is 34.1 Å². The normalized spacial score (nSPS) is 18.1. The molecule has 1 aromatic carbocycles. The van der Waals surface area contributed by atoms with Crippen LogP contribution in [0.3, 0.4) is 0 Å². The first-order valence-electron chi connectivity index (χ1n) is 11.6. The third-order valence-corrected chi connectivity index (χ3v) is 5.98. The molecule has 1 N–H and O–H groups in total. The van der Waals surface area contributed by atoms with Gasteiger partial charge in [0.25, 0.3) is 5.91 Å². The van der Waals surface area contributed by atoms with Crippen molar-refractivity contribution in [2.45, 2.75) is 78.4 Å². The van der Waals surface area contributed by atoms with Crippen molar-refractivity contribution in [1.82, 2.24) is 4.90 Å². The van der Waals surface area contributed by atoms with Crippen LogP contribution < -0.4 is 10.1 Å². The Hall–Kier alpha value is -1.59. The number of likely N-dealkylation sites (tertiary alicyclic amines) is 1. The molecular formula is C25H42N2O3. The molecule has 0 radical (unpaired) electrons. The number of hydrogen-bond acceptors (Lipinski definition) is 4. The summed E-state index contributed by atoms with van der Waals surface area (Å²) in [7, 11) is 1.64. The van der Waals surface area contributed by atoms with Crippen molar-refractivity contribution in [2.75, 3.05) is 32.1 Å². The number of benzene rings is 1. The van der Waals surface area contributed by atoms with Crippen LogP contribution in [0.25, 0.3) is 0 Å². The zero-order chi connectivity index (χ0) is 22.1. The molecule has 0 aromatic heterocycles. The average Bonchev–Trinajstić information content (AvgIpc) is 2.69. The van der Waals surface area contributed by atoms with Crippen molar-refractivity contribution in [3.8, 4) is 5.75 Å². The van der Waals surface area contributed by atoms with E-state index in [0.717, 1.165) is 18.0 Å². The molecule has 170 valence electrons. The summed E-state index contributed by atoms with van der Waals surface area (Å²) in [6.45, 7) is 13.6. The van der Waals surface area contributed by atoms with Gasteiger partial charge < -0.3 is 14.8 Å². The highest BCUT2D eigenvalue weighted by Crippen LogP contribution is 2.30. The van der Waals surface area contributed by atoms with Gasteiger partial charge >= 0.3 is 0 Å². The molecule has 2 rings (SSSR count). The minimum atomic E-state index is -0.803. The van der Waals surface area contributed by atoms with E-state index >= 15 is 0 Å². The van der Waals surface area contributed by atoms with Crippen LogP contribution >= 0.6 is 0 Å². The van der Waals surface area contributed by atoms with Gasteiger partial charge in [-0.2, -0.15) is 0 Å². The second kappa shape index (κ2) is 11.7. The van der Waals surface area contributed by atoms with Crippen molar-refractivity contribution in [3.05, 3.63) is 24.3 Å². The Bertz CT molecular complexity index is 632. The molecule has 1 unspecified atom stereocenters. The lowest BCUT2D eigenvalue weighted by Crippen LogP contribution is -2.46. The summed E-state index contributed by atoms with van der Waals surface area (Å²) >= 11 is 0. The molecule has 1 fully saturated rings. The molecule has 5 nitrogen and oxygen atoms in total. The van der Waals surface area contributed by atoms with E-state index in [0.29, 0.717) is 37.3 Å². The lowest BCUT2D eigenvalue weighted by Gasteiger charge is -2.34. The maximum absolute atomic E-state index is 13.1. The van der Waals surface area contributed by atoms with Gasteiger partial charge in [0.05, 0.1) is 0 Å². The Morgan fingerprint density at radius 3 is 2.30 bits per heavy atom. The molecule has 0 spiro atoms. The Balaban J connectivity index is 1.92. The fourth-order valence-electron chi connectivity index (χ4n) is 4.50. The molecule has 1 saturated heterocycles. The van der Waals surface area contributed by atoms with Crippen LogP contribution in [0.15, 0.2) is 24.3 Å². The summed E-state index contributed by atoms with van der Waals surface area (Å²) in [5.74, 6) is 1.50. The Morgan fingerprint density at radius 1 is 1.13 bits per heavy atom. The van der Waals surface area contributed by atoms with Gasteiger partial charge in [-0.25, -0.2) is 0 Å². The summed E-state index contributed by atoms with van der Waals surface area (Å²) in [4.78, 5) is 15.6. The minimum Gasteiger partial charge on any atom is -0.492 e. The SMILES string of the molecule is COC(CC(C)C)(CC(C)C)C(=O)Nc1ccc(OCCN2CCCCC2C)cc1. The number of rotatable bonds is 11. The predicted molar refractivity (Wildman–Crippen MR) is 124 cm³/mol. The Morgan fingerprint density at radius 2 is 1.77 bits per heavy atom. The van der Waals surface area contributed by atoms with E-state index in [2.05, 4.69) is 44.8 Å². The first-order chi connectivity index (χ1) is 14.3. The summed E-state index contributed by atoms with van der Waals surface area (Å²) in [6.07, 6.45) is 5.30. The second-order valence-corrected chi connectivity index (χ2v) is 9.60. The fourth-order valence-corrected chi connectivity index (χ4v) is 4.50. The standard InChI is InChI=1S/C25H42N2O3/c1-19(2)17-25(29-6,18-20(3)4)24(28)26-22-10-12-23(13-11-22)30-16-15-27-14-8-7-9-21(27)5/h10-13,19-21H,7-9,14-18H2,1-6H3,(H,26,28). The number of ether oxygens (including phenoxy) is 2. The lowest BCUT2D eigenvalue weighted by atomic mass is 9.84. The van der Waals surface area contributed by atoms with Crippen LogP contribution in [0.2, 0.25) is 0 Å². The number of carbonyl (C=O) groups excluding carboxylic acids is 1. The van der Waals surface area contributed by atoms with Crippen molar-refractivity contribution in [2.24, 2.45) is 11.8 Å². The number of hydrogen-bond donors (Lipinski definition) is 1. The molecule has 0 bridgehead atoms.